The molecule has 3 aromatic carbocycles. The van der Waals surface area contributed by atoms with E-state index in [9.17, 15) is 19.1 Å². The number of hydrogen-bond donors (Lipinski definition) is 1. The van der Waals surface area contributed by atoms with E-state index in [1.165, 1.54) is 17.0 Å². The van der Waals surface area contributed by atoms with Crippen LogP contribution in [-0.2, 0) is 27.0 Å². The number of aryl methyl sites for hydroxylation is 1. The lowest BCUT2D eigenvalue weighted by Gasteiger charge is -2.27. The van der Waals surface area contributed by atoms with Gasteiger partial charge in [-0.3, -0.25) is 9.59 Å². The minimum absolute atomic E-state index is 0.0646. The number of aliphatic hydroxyl groups excluding tert-OH is 1. The Labute approximate surface area is 224 Å². The zero-order valence-corrected chi connectivity index (χ0v) is 23.2. The lowest BCUT2D eigenvalue weighted by atomic mass is 9.84. The van der Waals surface area contributed by atoms with Crippen molar-refractivity contribution in [1.29, 1.82) is 0 Å². The van der Waals surface area contributed by atoms with Crippen molar-refractivity contribution in [2.75, 3.05) is 0 Å². The summed E-state index contributed by atoms with van der Waals surface area (Å²) in [6.07, 6.45) is 0. The Bertz CT molecular complexity index is 1400. The second kappa shape index (κ2) is 9.86. The minimum atomic E-state index is -0.785. The van der Waals surface area contributed by atoms with Crippen LogP contribution in [-0.4, -0.2) is 21.7 Å². The van der Waals surface area contributed by atoms with Gasteiger partial charge in [-0.2, -0.15) is 0 Å². The molecule has 1 fully saturated rings. The van der Waals surface area contributed by atoms with E-state index < -0.39 is 17.7 Å². The molecule has 4 rings (SSSR count). The lowest BCUT2D eigenvalue weighted by Crippen LogP contribution is -2.29. The summed E-state index contributed by atoms with van der Waals surface area (Å²) in [7, 11) is 0. The maximum absolute atomic E-state index is 13.5. The van der Waals surface area contributed by atoms with Crippen molar-refractivity contribution in [1.82, 2.24) is 4.90 Å². The molecule has 4 nitrogen and oxygen atoms in total. The second-order valence-electron chi connectivity index (χ2n) is 12.2. The van der Waals surface area contributed by atoms with E-state index >= 15 is 0 Å². The summed E-state index contributed by atoms with van der Waals surface area (Å²) in [5.74, 6) is -1.97. The van der Waals surface area contributed by atoms with E-state index in [1.807, 2.05) is 49.4 Å². The summed E-state index contributed by atoms with van der Waals surface area (Å²) in [5.41, 5.74) is 4.71. The third-order valence-electron chi connectivity index (χ3n) is 7.26. The van der Waals surface area contributed by atoms with Crippen molar-refractivity contribution < 1.29 is 19.1 Å². The van der Waals surface area contributed by atoms with Crippen molar-refractivity contribution in [2.45, 2.75) is 71.9 Å². The molecule has 1 aliphatic rings. The molecule has 1 amide bonds. The van der Waals surface area contributed by atoms with Gasteiger partial charge in [0.1, 0.15) is 11.6 Å². The smallest absolute Gasteiger partial charge is 0.295 e. The molecule has 0 saturated carbocycles. The van der Waals surface area contributed by atoms with Crippen molar-refractivity contribution in [3.05, 3.63) is 112 Å². The number of ketones is 1. The van der Waals surface area contributed by atoms with E-state index in [-0.39, 0.29) is 34.5 Å². The van der Waals surface area contributed by atoms with Crippen LogP contribution < -0.4 is 0 Å². The molecule has 38 heavy (non-hydrogen) atoms. The number of Topliss-reactive ketones (excluding diaryl/α,β-unsaturated/α-hetero) is 1. The third-order valence-corrected chi connectivity index (χ3v) is 7.26. The van der Waals surface area contributed by atoms with E-state index in [4.69, 9.17) is 0 Å². The number of benzene rings is 3. The van der Waals surface area contributed by atoms with Crippen molar-refractivity contribution in [2.24, 2.45) is 0 Å². The standard InChI is InChI=1S/C33H36FNO3/c1-20-8-13-24(33(5,6)7)18-26(20)29(36)27-28(22-11-14-23(15-12-22)32(2,3)4)35(31(38)30(27)37)19-21-9-16-25(34)17-10-21/h8-18,28,36H,19H2,1-7H3/b29-27+. The highest BCUT2D eigenvalue weighted by Gasteiger charge is 2.46. The third kappa shape index (κ3) is 5.28. The Kier molecular flexibility index (Phi) is 7.09. The van der Waals surface area contributed by atoms with Crippen molar-refractivity contribution in [3.63, 3.8) is 0 Å². The summed E-state index contributed by atoms with van der Waals surface area (Å²) in [4.78, 5) is 28.4. The van der Waals surface area contributed by atoms with Crippen LogP contribution in [0.1, 0.15) is 81.0 Å². The predicted octanol–water partition coefficient (Wildman–Crippen LogP) is 7.35. The second-order valence-corrected chi connectivity index (χ2v) is 12.2. The van der Waals surface area contributed by atoms with Gasteiger partial charge in [0.15, 0.2) is 0 Å². The molecule has 0 aliphatic carbocycles. The summed E-state index contributed by atoms with van der Waals surface area (Å²) in [6.45, 7) is 14.6. The van der Waals surface area contributed by atoms with Gasteiger partial charge in [0.05, 0.1) is 11.6 Å². The van der Waals surface area contributed by atoms with E-state index in [2.05, 4.69) is 41.5 Å². The first-order valence-electron chi connectivity index (χ1n) is 12.9. The first-order valence-corrected chi connectivity index (χ1v) is 12.9. The molecule has 1 aliphatic heterocycles. The average Bonchev–Trinajstić information content (AvgIpc) is 3.09. The highest BCUT2D eigenvalue weighted by Crippen LogP contribution is 2.41. The number of likely N-dealkylation sites (tertiary alicyclic amines) is 1. The fraction of sp³-hybridized carbons (Fsp3) is 0.333. The van der Waals surface area contributed by atoms with Crippen LogP contribution in [0.3, 0.4) is 0 Å². The predicted molar refractivity (Wildman–Crippen MR) is 149 cm³/mol. The summed E-state index contributed by atoms with van der Waals surface area (Å²) in [6, 6.07) is 18.8. The molecule has 1 heterocycles. The highest BCUT2D eigenvalue weighted by atomic mass is 19.1. The van der Waals surface area contributed by atoms with Gasteiger partial charge in [-0.05, 0) is 63.8 Å². The Balaban J connectivity index is 1.90. The normalized spacial score (nSPS) is 17.8. The molecular formula is C33H36FNO3. The topological polar surface area (TPSA) is 57.6 Å². The van der Waals surface area contributed by atoms with Crippen LogP contribution in [0.15, 0.2) is 72.3 Å². The molecule has 0 aromatic heterocycles. The average molecular weight is 514 g/mol. The number of aliphatic hydroxyl groups is 1. The molecule has 5 heteroatoms. The van der Waals surface area contributed by atoms with E-state index in [1.54, 1.807) is 12.1 Å². The van der Waals surface area contributed by atoms with Crippen LogP contribution in [0, 0.1) is 12.7 Å². The number of carbonyl (C=O) groups is 2. The van der Waals surface area contributed by atoms with E-state index in [0.29, 0.717) is 11.1 Å². The Morgan fingerprint density at radius 2 is 1.39 bits per heavy atom. The van der Waals surface area contributed by atoms with Crippen LogP contribution in [0.4, 0.5) is 4.39 Å². The fourth-order valence-electron chi connectivity index (χ4n) is 4.83. The zero-order chi connectivity index (χ0) is 28.0. The van der Waals surface area contributed by atoms with Crippen LogP contribution in [0.25, 0.3) is 5.76 Å². The SMILES string of the molecule is Cc1ccc(C(C)(C)C)cc1/C(O)=C1\C(=O)C(=O)N(Cc2ccc(F)cc2)C1c1ccc(C(C)(C)C)cc1. The minimum Gasteiger partial charge on any atom is -0.507 e. The summed E-state index contributed by atoms with van der Waals surface area (Å²) in [5, 5.41) is 11.6. The van der Waals surface area contributed by atoms with Crippen LogP contribution in [0.2, 0.25) is 0 Å². The maximum Gasteiger partial charge on any atom is 0.295 e. The number of hydrogen-bond acceptors (Lipinski definition) is 3. The molecule has 1 atom stereocenters. The van der Waals surface area contributed by atoms with Crippen molar-refractivity contribution in [3.8, 4) is 0 Å². The molecule has 0 radical (unpaired) electrons. The number of carbonyl (C=O) groups excluding carboxylic acids is 2. The quantitative estimate of drug-likeness (QED) is 0.225. The fourth-order valence-corrected chi connectivity index (χ4v) is 4.83. The Hall–Kier alpha value is -3.73. The van der Waals surface area contributed by atoms with Crippen LogP contribution >= 0.6 is 0 Å². The number of halogens is 1. The number of nitrogens with zero attached hydrogens (tertiary/aromatic N) is 1. The van der Waals surface area contributed by atoms with Gasteiger partial charge in [0, 0.05) is 12.1 Å². The zero-order valence-electron chi connectivity index (χ0n) is 23.2. The molecule has 3 aromatic rings. The number of amides is 1. The van der Waals surface area contributed by atoms with E-state index in [0.717, 1.165) is 22.3 Å². The monoisotopic (exact) mass is 513 g/mol. The Morgan fingerprint density at radius 3 is 1.95 bits per heavy atom. The Morgan fingerprint density at radius 1 is 0.842 bits per heavy atom. The van der Waals surface area contributed by atoms with Gasteiger partial charge in [0.2, 0.25) is 0 Å². The molecule has 0 spiro atoms. The van der Waals surface area contributed by atoms with Crippen molar-refractivity contribution >= 4 is 17.4 Å². The van der Waals surface area contributed by atoms with Gasteiger partial charge in [-0.15, -0.1) is 0 Å². The van der Waals surface area contributed by atoms with Crippen LogP contribution in [0.5, 0.6) is 0 Å². The largest absolute Gasteiger partial charge is 0.507 e. The summed E-state index contributed by atoms with van der Waals surface area (Å²) < 4.78 is 13.5. The van der Waals surface area contributed by atoms with Gasteiger partial charge in [-0.25, -0.2) is 4.39 Å². The molecule has 1 saturated heterocycles. The molecular weight excluding hydrogens is 477 g/mol. The molecule has 1 unspecified atom stereocenters. The van der Waals surface area contributed by atoms with Gasteiger partial charge in [0.25, 0.3) is 11.7 Å². The molecule has 198 valence electrons. The van der Waals surface area contributed by atoms with Gasteiger partial charge >= 0.3 is 0 Å². The lowest BCUT2D eigenvalue weighted by molar-refractivity contribution is -0.140. The van der Waals surface area contributed by atoms with Gasteiger partial charge in [-0.1, -0.05) is 90.1 Å². The van der Waals surface area contributed by atoms with Gasteiger partial charge < -0.3 is 10.0 Å². The first-order chi connectivity index (χ1) is 17.7. The molecule has 1 N–H and O–H groups in total. The molecule has 0 bridgehead atoms. The summed E-state index contributed by atoms with van der Waals surface area (Å²) >= 11 is 0. The first kappa shape index (κ1) is 27.3. The maximum atomic E-state index is 13.5. The highest BCUT2D eigenvalue weighted by molar-refractivity contribution is 6.46. The number of rotatable bonds is 4.